The molecule has 0 aliphatic carbocycles. The van der Waals surface area contributed by atoms with Gasteiger partial charge in [-0.1, -0.05) is 0 Å². The number of rotatable bonds is 1. The van der Waals surface area contributed by atoms with Gasteiger partial charge in [0.1, 0.15) is 5.82 Å². The molecule has 3 heterocycles. The van der Waals surface area contributed by atoms with Crippen molar-refractivity contribution in [2.75, 3.05) is 13.1 Å². The topological polar surface area (TPSA) is 29.3 Å². The number of nitrogens with one attached hydrogen (secondary N) is 1. The molecule has 0 spiro atoms. The lowest BCUT2D eigenvalue weighted by atomic mass is 9.97. The van der Waals surface area contributed by atoms with Crippen LogP contribution in [0.2, 0.25) is 0 Å². The highest BCUT2D eigenvalue weighted by Crippen LogP contribution is 2.25. The number of nitrogens with zero attached hydrogens (tertiary/aromatic N) is 2. The third-order valence-electron chi connectivity index (χ3n) is 3.42. The highest BCUT2D eigenvalue weighted by molar-refractivity contribution is 5.48. The molecule has 0 unspecified atom stereocenters. The van der Waals surface area contributed by atoms with Crippen LogP contribution >= 0.6 is 0 Å². The summed E-state index contributed by atoms with van der Waals surface area (Å²) in [6.45, 7) is 4.36. The summed E-state index contributed by atoms with van der Waals surface area (Å²) in [7, 11) is 0. The zero-order valence-corrected chi connectivity index (χ0v) is 9.61. The Bertz CT molecular complexity index is 495. The van der Waals surface area contributed by atoms with Crippen molar-refractivity contribution in [3.63, 3.8) is 0 Å². The van der Waals surface area contributed by atoms with E-state index in [4.69, 9.17) is 0 Å². The lowest BCUT2D eigenvalue weighted by molar-refractivity contribution is 0.444. The normalized spacial score (nSPS) is 18.1. The number of hydrogen-bond acceptors (Lipinski definition) is 2. The second kappa shape index (κ2) is 3.91. The second-order valence-corrected chi connectivity index (χ2v) is 4.64. The summed E-state index contributed by atoms with van der Waals surface area (Å²) in [6.07, 6.45) is 6.54. The van der Waals surface area contributed by atoms with Gasteiger partial charge in [0.2, 0.25) is 0 Å². The van der Waals surface area contributed by atoms with E-state index in [9.17, 15) is 0 Å². The van der Waals surface area contributed by atoms with Gasteiger partial charge < -0.3 is 9.72 Å². The maximum absolute atomic E-state index is 4.60. The largest absolute Gasteiger partial charge is 0.317 e. The highest BCUT2D eigenvalue weighted by Gasteiger charge is 2.19. The van der Waals surface area contributed by atoms with E-state index in [0.29, 0.717) is 5.92 Å². The fraction of sp³-hybridized carbons (Fsp3) is 0.462. The Labute approximate surface area is 95.5 Å². The van der Waals surface area contributed by atoms with Crippen LogP contribution in [0.4, 0.5) is 0 Å². The first-order valence-corrected chi connectivity index (χ1v) is 5.99. The predicted molar refractivity (Wildman–Crippen MR) is 64.8 cm³/mol. The van der Waals surface area contributed by atoms with E-state index in [-0.39, 0.29) is 0 Å². The summed E-state index contributed by atoms with van der Waals surface area (Å²) in [5.74, 6) is 1.85. The van der Waals surface area contributed by atoms with Crippen molar-refractivity contribution >= 4 is 5.52 Å². The van der Waals surface area contributed by atoms with Crippen molar-refractivity contribution in [3.05, 3.63) is 35.9 Å². The molecule has 1 fully saturated rings. The Balaban J connectivity index is 2.03. The predicted octanol–water partition coefficient (Wildman–Crippen LogP) is 2.11. The molecular formula is C13H17N3. The summed E-state index contributed by atoms with van der Waals surface area (Å²) >= 11 is 0. The maximum atomic E-state index is 4.60. The van der Waals surface area contributed by atoms with Gasteiger partial charge in [-0.15, -0.1) is 0 Å². The van der Waals surface area contributed by atoms with Gasteiger partial charge in [0.25, 0.3) is 0 Å². The van der Waals surface area contributed by atoms with Crippen molar-refractivity contribution in [3.8, 4) is 0 Å². The van der Waals surface area contributed by atoms with Crippen LogP contribution in [0.3, 0.4) is 0 Å². The van der Waals surface area contributed by atoms with Gasteiger partial charge in [0, 0.05) is 12.1 Å². The van der Waals surface area contributed by atoms with Gasteiger partial charge in [-0.25, -0.2) is 4.98 Å². The minimum Gasteiger partial charge on any atom is -0.317 e. The molecule has 1 aliphatic heterocycles. The third-order valence-corrected chi connectivity index (χ3v) is 3.42. The average molecular weight is 215 g/mol. The van der Waals surface area contributed by atoms with Crippen LogP contribution in [-0.4, -0.2) is 22.5 Å². The van der Waals surface area contributed by atoms with Crippen LogP contribution in [0.5, 0.6) is 0 Å². The molecule has 3 rings (SSSR count). The summed E-state index contributed by atoms with van der Waals surface area (Å²) in [6, 6.07) is 4.34. The van der Waals surface area contributed by atoms with Crippen molar-refractivity contribution in [2.45, 2.75) is 25.7 Å². The highest BCUT2D eigenvalue weighted by atomic mass is 15.0. The van der Waals surface area contributed by atoms with E-state index < -0.39 is 0 Å². The minimum absolute atomic E-state index is 0.617. The molecule has 1 saturated heterocycles. The Morgan fingerprint density at radius 3 is 3.00 bits per heavy atom. The molecule has 84 valence electrons. The van der Waals surface area contributed by atoms with E-state index in [1.54, 1.807) is 0 Å². The average Bonchev–Trinajstić information content (AvgIpc) is 2.73. The van der Waals surface area contributed by atoms with E-state index in [2.05, 4.69) is 40.0 Å². The Morgan fingerprint density at radius 2 is 2.19 bits per heavy atom. The molecule has 16 heavy (non-hydrogen) atoms. The van der Waals surface area contributed by atoms with Crippen LogP contribution in [0.1, 0.15) is 30.1 Å². The van der Waals surface area contributed by atoms with Crippen LogP contribution in [0.15, 0.2) is 24.5 Å². The molecule has 0 atom stereocenters. The van der Waals surface area contributed by atoms with Crippen molar-refractivity contribution < 1.29 is 0 Å². The number of aromatic nitrogens is 2. The zero-order chi connectivity index (χ0) is 11.0. The van der Waals surface area contributed by atoms with Crippen molar-refractivity contribution in [1.82, 2.24) is 14.7 Å². The Hall–Kier alpha value is -1.35. The summed E-state index contributed by atoms with van der Waals surface area (Å²) in [5.41, 5.74) is 2.51. The first-order chi connectivity index (χ1) is 7.84. The molecule has 0 amide bonds. The van der Waals surface area contributed by atoms with Gasteiger partial charge in [0.15, 0.2) is 0 Å². The smallest absolute Gasteiger partial charge is 0.116 e. The fourth-order valence-corrected chi connectivity index (χ4v) is 2.51. The molecule has 0 bridgehead atoms. The molecule has 0 radical (unpaired) electrons. The molecule has 1 N–H and O–H groups in total. The van der Waals surface area contributed by atoms with Gasteiger partial charge in [-0.3, -0.25) is 0 Å². The second-order valence-electron chi connectivity index (χ2n) is 4.64. The maximum Gasteiger partial charge on any atom is 0.116 e. The lowest BCUT2D eigenvalue weighted by Gasteiger charge is -2.21. The third kappa shape index (κ3) is 1.61. The molecule has 0 saturated carbocycles. The van der Waals surface area contributed by atoms with E-state index >= 15 is 0 Å². The van der Waals surface area contributed by atoms with E-state index in [1.165, 1.54) is 29.7 Å². The zero-order valence-electron chi connectivity index (χ0n) is 9.61. The van der Waals surface area contributed by atoms with Crippen LogP contribution in [-0.2, 0) is 0 Å². The Morgan fingerprint density at radius 1 is 1.38 bits per heavy atom. The molecular weight excluding hydrogens is 198 g/mol. The van der Waals surface area contributed by atoms with Crippen LogP contribution in [0.25, 0.3) is 5.52 Å². The SMILES string of the molecule is Cc1ccn2c(C3CCNCC3)ncc2c1. The van der Waals surface area contributed by atoms with E-state index in [1.807, 2.05) is 6.20 Å². The summed E-state index contributed by atoms with van der Waals surface area (Å²) in [5, 5.41) is 3.40. The fourth-order valence-electron chi connectivity index (χ4n) is 2.51. The van der Waals surface area contributed by atoms with Crippen LogP contribution in [0, 0.1) is 6.92 Å². The van der Waals surface area contributed by atoms with Gasteiger partial charge in [-0.2, -0.15) is 0 Å². The monoisotopic (exact) mass is 215 g/mol. The molecule has 3 nitrogen and oxygen atoms in total. The van der Waals surface area contributed by atoms with Crippen molar-refractivity contribution in [2.24, 2.45) is 0 Å². The number of aryl methyl sites for hydroxylation is 1. The molecule has 2 aromatic heterocycles. The number of imidazole rings is 1. The van der Waals surface area contributed by atoms with Crippen molar-refractivity contribution in [1.29, 1.82) is 0 Å². The minimum atomic E-state index is 0.617. The van der Waals surface area contributed by atoms with Gasteiger partial charge >= 0.3 is 0 Å². The number of pyridine rings is 1. The molecule has 3 heteroatoms. The lowest BCUT2D eigenvalue weighted by Crippen LogP contribution is -2.27. The first-order valence-electron chi connectivity index (χ1n) is 5.99. The van der Waals surface area contributed by atoms with Gasteiger partial charge in [-0.05, 0) is 50.6 Å². The molecule has 0 aromatic carbocycles. The quantitative estimate of drug-likeness (QED) is 0.789. The Kier molecular flexibility index (Phi) is 2.40. The molecule has 2 aromatic rings. The summed E-state index contributed by atoms with van der Waals surface area (Å²) in [4.78, 5) is 4.60. The number of fused-ring (bicyclic) bond motifs is 1. The molecule has 1 aliphatic rings. The summed E-state index contributed by atoms with van der Waals surface area (Å²) < 4.78 is 2.24. The first kappa shape index (κ1) is 9.85. The number of hydrogen-bond donors (Lipinski definition) is 1. The standard InChI is InChI=1S/C13H17N3/c1-10-4-7-16-12(8-10)9-15-13(16)11-2-5-14-6-3-11/h4,7-9,11,14H,2-3,5-6H2,1H3. The van der Waals surface area contributed by atoms with Gasteiger partial charge in [0.05, 0.1) is 11.7 Å². The van der Waals surface area contributed by atoms with E-state index in [0.717, 1.165) is 13.1 Å². The number of piperidine rings is 1. The van der Waals surface area contributed by atoms with Crippen LogP contribution < -0.4 is 5.32 Å².